The molecule has 0 amide bonds. The molecule has 108 valence electrons. The van der Waals surface area contributed by atoms with Gasteiger partial charge in [0, 0.05) is 12.1 Å². The number of ether oxygens (including phenoxy) is 1. The molecule has 0 spiro atoms. The first-order chi connectivity index (χ1) is 9.10. The first-order valence-electron chi connectivity index (χ1n) is 7.48. The van der Waals surface area contributed by atoms with Crippen molar-refractivity contribution in [3.63, 3.8) is 0 Å². The molecule has 1 saturated carbocycles. The van der Waals surface area contributed by atoms with Gasteiger partial charge in [-0.1, -0.05) is 27.2 Å². The van der Waals surface area contributed by atoms with Crippen LogP contribution in [0, 0.1) is 17.8 Å². The first kappa shape index (κ1) is 14.6. The molecular formula is C16H27NO2. The Labute approximate surface area is 116 Å². The lowest BCUT2D eigenvalue weighted by atomic mass is 9.75. The molecule has 1 aliphatic rings. The van der Waals surface area contributed by atoms with Gasteiger partial charge in [-0.15, -0.1) is 0 Å². The van der Waals surface area contributed by atoms with Crippen LogP contribution in [0.1, 0.15) is 51.4 Å². The standard InChI is InChI=1S/C16H27NO2/c1-11(2)15-5-4-12(3)6-16(15)19-10-14-7-13(8-17)9-18-14/h7,9,11-12,15-16H,4-6,8,10,17H2,1-3H3. The molecule has 0 aromatic carbocycles. The van der Waals surface area contributed by atoms with Crippen LogP contribution >= 0.6 is 0 Å². The minimum Gasteiger partial charge on any atom is -0.467 e. The van der Waals surface area contributed by atoms with E-state index < -0.39 is 0 Å². The summed E-state index contributed by atoms with van der Waals surface area (Å²) in [6.45, 7) is 8.03. The van der Waals surface area contributed by atoms with Gasteiger partial charge in [-0.2, -0.15) is 0 Å². The van der Waals surface area contributed by atoms with Crippen LogP contribution < -0.4 is 5.73 Å². The summed E-state index contributed by atoms with van der Waals surface area (Å²) >= 11 is 0. The molecule has 3 heteroatoms. The molecule has 2 N–H and O–H groups in total. The van der Waals surface area contributed by atoms with Crippen molar-refractivity contribution in [1.82, 2.24) is 0 Å². The van der Waals surface area contributed by atoms with Crippen LogP contribution in [0.3, 0.4) is 0 Å². The fourth-order valence-electron chi connectivity index (χ4n) is 3.10. The Morgan fingerprint density at radius 3 is 2.84 bits per heavy atom. The molecule has 1 fully saturated rings. The molecule has 3 unspecified atom stereocenters. The molecule has 3 nitrogen and oxygen atoms in total. The third-order valence-electron chi connectivity index (χ3n) is 4.34. The van der Waals surface area contributed by atoms with Crippen LogP contribution in [-0.4, -0.2) is 6.10 Å². The van der Waals surface area contributed by atoms with Crippen molar-refractivity contribution in [3.8, 4) is 0 Å². The van der Waals surface area contributed by atoms with Crippen LogP contribution in [0.15, 0.2) is 16.7 Å². The van der Waals surface area contributed by atoms with Crippen molar-refractivity contribution in [2.24, 2.45) is 23.5 Å². The third kappa shape index (κ3) is 3.83. The summed E-state index contributed by atoms with van der Waals surface area (Å²) < 4.78 is 11.6. The fraction of sp³-hybridized carbons (Fsp3) is 0.750. The molecule has 2 rings (SSSR count). The lowest BCUT2D eigenvalue weighted by molar-refractivity contribution is -0.0522. The van der Waals surface area contributed by atoms with E-state index in [1.807, 2.05) is 6.07 Å². The normalized spacial score (nSPS) is 27.9. The van der Waals surface area contributed by atoms with Crippen molar-refractivity contribution in [1.29, 1.82) is 0 Å². The van der Waals surface area contributed by atoms with Gasteiger partial charge >= 0.3 is 0 Å². The SMILES string of the molecule is CC1CCC(C(C)C)C(OCc2cc(CN)co2)C1. The maximum absolute atomic E-state index is 6.14. The molecule has 0 aliphatic heterocycles. The number of hydrogen-bond donors (Lipinski definition) is 1. The van der Waals surface area contributed by atoms with Gasteiger partial charge in [-0.05, 0) is 36.7 Å². The van der Waals surface area contributed by atoms with Crippen LogP contribution in [0.4, 0.5) is 0 Å². The van der Waals surface area contributed by atoms with Crippen molar-refractivity contribution in [3.05, 3.63) is 23.7 Å². The first-order valence-corrected chi connectivity index (χ1v) is 7.48. The zero-order chi connectivity index (χ0) is 13.8. The Kier molecular flexibility index (Phi) is 5.06. The van der Waals surface area contributed by atoms with E-state index in [1.54, 1.807) is 6.26 Å². The Morgan fingerprint density at radius 2 is 2.21 bits per heavy atom. The molecule has 0 radical (unpaired) electrons. The zero-order valence-corrected chi connectivity index (χ0v) is 12.4. The van der Waals surface area contributed by atoms with E-state index in [4.69, 9.17) is 14.9 Å². The maximum Gasteiger partial charge on any atom is 0.129 e. The Balaban J connectivity index is 1.91. The number of hydrogen-bond acceptors (Lipinski definition) is 3. The monoisotopic (exact) mass is 265 g/mol. The second kappa shape index (κ2) is 6.58. The molecule has 1 aromatic heterocycles. The van der Waals surface area contributed by atoms with Crippen molar-refractivity contribution < 1.29 is 9.15 Å². The van der Waals surface area contributed by atoms with Crippen molar-refractivity contribution in [2.75, 3.05) is 0 Å². The molecule has 1 aromatic rings. The lowest BCUT2D eigenvalue weighted by Gasteiger charge is -2.37. The molecule has 3 atom stereocenters. The highest BCUT2D eigenvalue weighted by Gasteiger charge is 2.31. The van der Waals surface area contributed by atoms with Crippen LogP contribution in [0.25, 0.3) is 0 Å². The summed E-state index contributed by atoms with van der Waals surface area (Å²) in [5, 5.41) is 0. The van der Waals surface area contributed by atoms with Crippen LogP contribution in [0.2, 0.25) is 0 Å². The van der Waals surface area contributed by atoms with Gasteiger partial charge in [0.1, 0.15) is 12.4 Å². The summed E-state index contributed by atoms with van der Waals surface area (Å²) in [4.78, 5) is 0. The Morgan fingerprint density at radius 1 is 1.42 bits per heavy atom. The zero-order valence-electron chi connectivity index (χ0n) is 12.4. The van der Waals surface area contributed by atoms with E-state index in [9.17, 15) is 0 Å². The average molecular weight is 265 g/mol. The Bertz CT molecular complexity index is 386. The molecule has 19 heavy (non-hydrogen) atoms. The van der Waals surface area contributed by atoms with Gasteiger partial charge in [0.25, 0.3) is 0 Å². The van der Waals surface area contributed by atoms with E-state index in [1.165, 1.54) is 19.3 Å². The van der Waals surface area contributed by atoms with E-state index in [-0.39, 0.29) is 0 Å². The van der Waals surface area contributed by atoms with E-state index >= 15 is 0 Å². The summed E-state index contributed by atoms with van der Waals surface area (Å²) in [5.74, 6) is 3.03. The van der Waals surface area contributed by atoms with Gasteiger partial charge in [-0.3, -0.25) is 0 Å². The minimum absolute atomic E-state index is 0.371. The third-order valence-corrected chi connectivity index (χ3v) is 4.34. The van der Waals surface area contributed by atoms with Crippen molar-refractivity contribution >= 4 is 0 Å². The highest BCUT2D eigenvalue weighted by molar-refractivity contribution is 5.11. The van der Waals surface area contributed by atoms with Gasteiger partial charge in [0.2, 0.25) is 0 Å². The molecule has 0 bridgehead atoms. The van der Waals surface area contributed by atoms with Gasteiger partial charge in [-0.25, -0.2) is 0 Å². The van der Waals surface area contributed by atoms with Crippen LogP contribution in [-0.2, 0) is 17.9 Å². The smallest absolute Gasteiger partial charge is 0.129 e. The topological polar surface area (TPSA) is 48.4 Å². The van der Waals surface area contributed by atoms with E-state index in [0.29, 0.717) is 31.1 Å². The predicted molar refractivity (Wildman–Crippen MR) is 76.5 cm³/mol. The number of furan rings is 1. The van der Waals surface area contributed by atoms with Gasteiger partial charge in [0.15, 0.2) is 0 Å². The fourth-order valence-corrected chi connectivity index (χ4v) is 3.10. The van der Waals surface area contributed by atoms with Gasteiger partial charge < -0.3 is 14.9 Å². The summed E-state index contributed by atoms with van der Waals surface area (Å²) in [5.41, 5.74) is 6.62. The Hall–Kier alpha value is -0.800. The second-order valence-corrected chi connectivity index (χ2v) is 6.30. The number of rotatable bonds is 5. The quantitative estimate of drug-likeness (QED) is 0.882. The van der Waals surface area contributed by atoms with E-state index in [0.717, 1.165) is 17.2 Å². The van der Waals surface area contributed by atoms with Gasteiger partial charge in [0.05, 0.1) is 12.4 Å². The lowest BCUT2D eigenvalue weighted by Crippen LogP contribution is -2.34. The second-order valence-electron chi connectivity index (χ2n) is 6.30. The molecule has 1 heterocycles. The van der Waals surface area contributed by atoms with Crippen molar-refractivity contribution in [2.45, 2.75) is 59.3 Å². The molecule has 1 aliphatic carbocycles. The largest absolute Gasteiger partial charge is 0.467 e. The highest BCUT2D eigenvalue weighted by atomic mass is 16.5. The predicted octanol–water partition coefficient (Wildman–Crippen LogP) is 3.72. The summed E-state index contributed by atoms with van der Waals surface area (Å²) in [7, 11) is 0. The molecule has 0 saturated heterocycles. The van der Waals surface area contributed by atoms with E-state index in [2.05, 4.69) is 20.8 Å². The minimum atomic E-state index is 0.371. The summed E-state index contributed by atoms with van der Waals surface area (Å²) in [6.07, 6.45) is 5.89. The van der Waals surface area contributed by atoms with Crippen LogP contribution in [0.5, 0.6) is 0 Å². The number of nitrogens with two attached hydrogens (primary N) is 1. The summed E-state index contributed by atoms with van der Waals surface area (Å²) in [6, 6.07) is 2.00. The maximum atomic E-state index is 6.14. The molecular weight excluding hydrogens is 238 g/mol. The average Bonchev–Trinajstić information content (AvgIpc) is 2.84. The highest BCUT2D eigenvalue weighted by Crippen LogP contribution is 2.35.